The summed E-state index contributed by atoms with van der Waals surface area (Å²) in [5, 5.41) is 21.0. The lowest BCUT2D eigenvalue weighted by Gasteiger charge is -2.22. The van der Waals surface area contributed by atoms with Gasteiger partial charge in [-0.25, -0.2) is 4.68 Å². The first-order valence-electron chi connectivity index (χ1n) is 6.63. The third kappa shape index (κ3) is 3.12. The summed E-state index contributed by atoms with van der Waals surface area (Å²) in [6.07, 6.45) is 0.499. The van der Waals surface area contributed by atoms with E-state index in [0.29, 0.717) is 12.2 Å². The van der Waals surface area contributed by atoms with Gasteiger partial charge in [-0.3, -0.25) is 4.79 Å². The molecule has 1 atom stereocenters. The first-order valence-corrected chi connectivity index (χ1v) is 7.43. The van der Waals surface area contributed by atoms with Gasteiger partial charge in [0.2, 0.25) is 0 Å². The second-order valence-electron chi connectivity index (χ2n) is 5.34. The molecule has 2 rings (SSSR count). The highest BCUT2D eigenvalue weighted by molar-refractivity contribution is 9.10. The average Bonchev–Trinajstić information content (AvgIpc) is 2.89. The number of hydrogen-bond donors (Lipinski definition) is 1. The van der Waals surface area contributed by atoms with E-state index in [0.717, 1.165) is 15.6 Å². The average molecular weight is 353 g/mol. The number of hydrogen-bond acceptors (Lipinski definition) is 4. The first kappa shape index (κ1) is 15.6. The molecule has 1 heterocycles. The van der Waals surface area contributed by atoms with Gasteiger partial charge in [-0.1, -0.05) is 35.0 Å². The number of nitrogens with zero attached hydrogens (tertiary/aromatic N) is 4. The number of halogens is 1. The van der Waals surface area contributed by atoms with Crippen molar-refractivity contribution in [1.82, 2.24) is 20.2 Å². The van der Waals surface area contributed by atoms with Crippen LogP contribution < -0.4 is 0 Å². The lowest BCUT2D eigenvalue weighted by atomic mass is 9.88. The Morgan fingerprint density at radius 2 is 2.19 bits per heavy atom. The van der Waals surface area contributed by atoms with Crippen LogP contribution in [-0.4, -0.2) is 31.3 Å². The molecular formula is C14H17BrN4O2. The van der Waals surface area contributed by atoms with Crippen LogP contribution >= 0.6 is 15.9 Å². The Morgan fingerprint density at radius 1 is 1.48 bits per heavy atom. The molecule has 6 nitrogen and oxygen atoms in total. The van der Waals surface area contributed by atoms with Gasteiger partial charge >= 0.3 is 5.97 Å². The van der Waals surface area contributed by atoms with Crippen LogP contribution in [0.2, 0.25) is 0 Å². The molecule has 0 bridgehead atoms. The summed E-state index contributed by atoms with van der Waals surface area (Å²) in [5.74, 6) is -0.284. The number of tetrazole rings is 1. The van der Waals surface area contributed by atoms with Gasteiger partial charge in [-0.05, 0) is 42.3 Å². The van der Waals surface area contributed by atoms with Crippen molar-refractivity contribution in [3.63, 3.8) is 0 Å². The first-order chi connectivity index (χ1) is 9.87. The summed E-state index contributed by atoms with van der Waals surface area (Å²) < 4.78 is 2.51. The highest BCUT2D eigenvalue weighted by atomic mass is 79.9. The predicted octanol–water partition coefficient (Wildman–Crippen LogP) is 2.91. The van der Waals surface area contributed by atoms with Crippen molar-refractivity contribution in [1.29, 1.82) is 0 Å². The molecule has 0 fully saturated rings. The quantitative estimate of drug-likeness (QED) is 0.894. The van der Waals surface area contributed by atoms with Crippen LogP contribution in [0.1, 0.15) is 25.8 Å². The minimum Gasteiger partial charge on any atom is -0.481 e. The standard InChI is InChI=1S/C14H17BrN4O2/c1-4-14(3,13(20)21)8-19-12(16-17-18-19)10-6-5-9(2)11(15)7-10/h5-7H,4,8H2,1-3H3,(H,20,21). The second-order valence-corrected chi connectivity index (χ2v) is 6.20. The molecular weight excluding hydrogens is 336 g/mol. The smallest absolute Gasteiger partial charge is 0.311 e. The fourth-order valence-electron chi connectivity index (χ4n) is 1.91. The van der Waals surface area contributed by atoms with Gasteiger partial charge in [0.25, 0.3) is 0 Å². The van der Waals surface area contributed by atoms with Crippen molar-refractivity contribution in [2.24, 2.45) is 5.41 Å². The van der Waals surface area contributed by atoms with E-state index in [1.165, 1.54) is 0 Å². The Hall–Kier alpha value is -1.76. The molecule has 1 unspecified atom stereocenters. The van der Waals surface area contributed by atoms with Crippen molar-refractivity contribution < 1.29 is 9.90 Å². The number of aryl methyl sites for hydroxylation is 1. The molecule has 0 aliphatic rings. The molecule has 0 saturated heterocycles. The number of benzene rings is 1. The van der Waals surface area contributed by atoms with Gasteiger partial charge in [0.05, 0.1) is 12.0 Å². The number of aliphatic carboxylic acids is 1. The van der Waals surface area contributed by atoms with Crippen molar-refractivity contribution in [3.05, 3.63) is 28.2 Å². The van der Waals surface area contributed by atoms with Gasteiger partial charge in [0.15, 0.2) is 5.82 Å². The van der Waals surface area contributed by atoms with Crippen LogP contribution in [0.3, 0.4) is 0 Å². The molecule has 21 heavy (non-hydrogen) atoms. The van der Waals surface area contributed by atoms with Crippen LogP contribution in [-0.2, 0) is 11.3 Å². The van der Waals surface area contributed by atoms with Gasteiger partial charge < -0.3 is 5.11 Å². The molecule has 0 radical (unpaired) electrons. The summed E-state index contributed by atoms with van der Waals surface area (Å²) in [6.45, 7) is 5.77. The normalized spacial score (nSPS) is 13.9. The second kappa shape index (κ2) is 5.93. The zero-order valence-electron chi connectivity index (χ0n) is 12.2. The molecule has 0 amide bonds. The lowest BCUT2D eigenvalue weighted by Crippen LogP contribution is -2.32. The van der Waals surface area contributed by atoms with E-state index in [2.05, 4.69) is 31.5 Å². The molecule has 112 valence electrons. The fourth-order valence-corrected chi connectivity index (χ4v) is 2.29. The SMILES string of the molecule is CCC(C)(Cn1nnnc1-c1ccc(C)c(Br)c1)C(=O)O. The summed E-state index contributed by atoms with van der Waals surface area (Å²) in [7, 11) is 0. The van der Waals surface area contributed by atoms with E-state index in [-0.39, 0.29) is 6.54 Å². The van der Waals surface area contributed by atoms with Crippen LogP contribution in [0.25, 0.3) is 11.4 Å². The topological polar surface area (TPSA) is 80.9 Å². The van der Waals surface area contributed by atoms with E-state index in [9.17, 15) is 9.90 Å². The number of carbonyl (C=O) groups is 1. The highest BCUT2D eigenvalue weighted by Crippen LogP contribution is 2.28. The highest BCUT2D eigenvalue weighted by Gasteiger charge is 2.33. The molecule has 1 aromatic carbocycles. The Kier molecular flexibility index (Phi) is 4.41. The molecule has 1 N–H and O–H groups in total. The number of carboxylic acid groups (broad SMARTS) is 1. The van der Waals surface area contributed by atoms with Crippen LogP contribution in [0.15, 0.2) is 22.7 Å². The van der Waals surface area contributed by atoms with E-state index in [1.54, 1.807) is 11.6 Å². The van der Waals surface area contributed by atoms with Gasteiger partial charge in [-0.15, -0.1) is 5.10 Å². The van der Waals surface area contributed by atoms with Crippen LogP contribution in [0, 0.1) is 12.3 Å². The maximum Gasteiger partial charge on any atom is 0.311 e. The maximum atomic E-state index is 11.4. The molecule has 1 aromatic heterocycles. The summed E-state index contributed by atoms with van der Waals surface area (Å²) in [4.78, 5) is 11.4. The molecule has 0 spiro atoms. The van der Waals surface area contributed by atoms with Gasteiger partial charge in [0, 0.05) is 10.0 Å². The van der Waals surface area contributed by atoms with Crippen molar-refractivity contribution >= 4 is 21.9 Å². The molecule has 0 aliphatic heterocycles. The zero-order chi connectivity index (χ0) is 15.6. The van der Waals surface area contributed by atoms with E-state index >= 15 is 0 Å². The van der Waals surface area contributed by atoms with Crippen LogP contribution in [0.4, 0.5) is 0 Å². The van der Waals surface area contributed by atoms with E-state index in [1.807, 2.05) is 32.0 Å². The van der Waals surface area contributed by atoms with Crippen molar-refractivity contribution in [2.75, 3.05) is 0 Å². The fraction of sp³-hybridized carbons (Fsp3) is 0.429. The predicted molar refractivity (Wildman–Crippen MR) is 81.7 cm³/mol. The molecule has 2 aromatic rings. The maximum absolute atomic E-state index is 11.4. The Balaban J connectivity index is 2.39. The number of rotatable bonds is 5. The molecule has 0 saturated carbocycles. The third-order valence-electron chi connectivity index (χ3n) is 3.76. The summed E-state index contributed by atoms with van der Waals surface area (Å²) in [6, 6.07) is 5.82. The summed E-state index contributed by atoms with van der Waals surface area (Å²) in [5.41, 5.74) is 1.06. The third-order valence-corrected chi connectivity index (χ3v) is 4.61. The van der Waals surface area contributed by atoms with E-state index in [4.69, 9.17) is 0 Å². The zero-order valence-corrected chi connectivity index (χ0v) is 13.8. The van der Waals surface area contributed by atoms with E-state index < -0.39 is 11.4 Å². The monoisotopic (exact) mass is 352 g/mol. The van der Waals surface area contributed by atoms with Crippen LogP contribution in [0.5, 0.6) is 0 Å². The Labute approximate surface area is 131 Å². The minimum absolute atomic E-state index is 0.229. The van der Waals surface area contributed by atoms with Crippen molar-refractivity contribution in [3.8, 4) is 11.4 Å². The molecule has 0 aliphatic carbocycles. The van der Waals surface area contributed by atoms with Gasteiger partial charge in [0.1, 0.15) is 0 Å². The molecule has 7 heteroatoms. The number of carboxylic acids is 1. The number of aromatic nitrogens is 4. The van der Waals surface area contributed by atoms with Crippen molar-refractivity contribution in [2.45, 2.75) is 33.7 Å². The van der Waals surface area contributed by atoms with Gasteiger partial charge in [-0.2, -0.15) is 0 Å². The lowest BCUT2D eigenvalue weighted by molar-refractivity contribution is -0.149. The largest absolute Gasteiger partial charge is 0.481 e. The summed E-state index contributed by atoms with van der Waals surface area (Å²) >= 11 is 3.48. The Morgan fingerprint density at radius 3 is 2.76 bits per heavy atom. The Bertz CT molecular complexity index is 671. The minimum atomic E-state index is -0.897.